The Bertz CT molecular complexity index is 513. The van der Waals surface area contributed by atoms with E-state index in [1.54, 1.807) is 0 Å². The first-order chi connectivity index (χ1) is 8.93. The summed E-state index contributed by atoms with van der Waals surface area (Å²) in [4.78, 5) is 21.8. The van der Waals surface area contributed by atoms with Gasteiger partial charge in [-0.2, -0.15) is 13.2 Å². The van der Waals surface area contributed by atoms with E-state index in [9.17, 15) is 22.8 Å². The van der Waals surface area contributed by atoms with Crippen molar-refractivity contribution >= 4 is 12.2 Å². The molecular formula is C12H10F3NO3. The third-order valence-electron chi connectivity index (χ3n) is 2.79. The van der Waals surface area contributed by atoms with Gasteiger partial charge in [0.25, 0.3) is 0 Å². The summed E-state index contributed by atoms with van der Waals surface area (Å²) in [6.45, 7) is 0.140. The Morgan fingerprint density at radius 3 is 2.79 bits per heavy atom. The molecule has 1 aliphatic heterocycles. The molecule has 0 saturated carbocycles. The minimum atomic E-state index is -4.93. The number of alkyl halides is 3. The zero-order valence-electron chi connectivity index (χ0n) is 9.66. The van der Waals surface area contributed by atoms with Crippen molar-refractivity contribution < 1.29 is 27.5 Å². The van der Waals surface area contributed by atoms with Gasteiger partial charge >= 0.3 is 12.1 Å². The molecular weight excluding hydrogens is 263 g/mol. The molecule has 4 nitrogen and oxygen atoms in total. The highest BCUT2D eigenvalue weighted by atomic mass is 19.4. The van der Waals surface area contributed by atoms with E-state index in [1.165, 1.54) is 18.2 Å². The van der Waals surface area contributed by atoms with Crippen LogP contribution in [0.2, 0.25) is 0 Å². The van der Waals surface area contributed by atoms with Crippen molar-refractivity contribution in [2.24, 2.45) is 0 Å². The Labute approximate surface area is 106 Å². The quantitative estimate of drug-likeness (QED) is 0.838. The molecule has 0 spiro atoms. The molecule has 1 atom stereocenters. The van der Waals surface area contributed by atoms with Gasteiger partial charge in [-0.25, -0.2) is 0 Å². The smallest absolute Gasteiger partial charge is 0.471 e. The van der Waals surface area contributed by atoms with Crippen molar-refractivity contribution in [1.29, 1.82) is 0 Å². The molecule has 0 aliphatic carbocycles. The van der Waals surface area contributed by atoms with Crippen LogP contribution in [-0.4, -0.2) is 25.0 Å². The van der Waals surface area contributed by atoms with Crippen molar-refractivity contribution in [1.82, 2.24) is 5.32 Å². The number of nitrogens with one attached hydrogen (secondary N) is 1. The van der Waals surface area contributed by atoms with E-state index in [4.69, 9.17) is 4.74 Å². The van der Waals surface area contributed by atoms with Crippen LogP contribution < -0.4 is 10.1 Å². The number of carbonyl (C=O) groups excluding carboxylic acids is 2. The van der Waals surface area contributed by atoms with Gasteiger partial charge in [0.15, 0.2) is 6.29 Å². The molecule has 0 fully saturated rings. The number of benzene rings is 1. The lowest BCUT2D eigenvalue weighted by atomic mass is 9.98. The summed E-state index contributed by atoms with van der Waals surface area (Å²) in [6.07, 6.45) is -4.15. The maximum absolute atomic E-state index is 12.2. The number of ether oxygens (including phenoxy) is 1. The van der Waals surface area contributed by atoms with Crippen LogP contribution >= 0.6 is 0 Å². The molecule has 1 aromatic carbocycles. The Balaban J connectivity index is 2.28. The zero-order valence-corrected chi connectivity index (χ0v) is 9.66. The highest BCUT2D eigenvalue weighted by molar-refractivity contribution is 5.83. The van der Waals surface area contributed by atoms with Crippen LogP contribution in [0.4, 0.5) is 13.2 Å². The molecule has 2 rings (SSSR count). The molecule has 1 aliphatic rings. The predicted octanol–water partition coefficient (Wildman–Crippen LogP) is 2.00. The predicted molar refractivity (Wildman–Crippen MR) is 58.9 cm³/mol. The van der Waals surface area contributed by atoms with Gasteiger partial charge in [-0.15, -0.1) is 0 Å². The summed E-state index contributed by atoms with van der Waals surface area (Å²) in [6, 6.07) is 3.75. The number of amides is 1. The number of rotatable bonds is 2. The molecule has 0 radical (unpaired) electrons. The van der Waals surface area contributed by atoms with Crippen LogP contribution in [0.1, 0.15) is 28.4 Å². The summed E-state index contributed by atoms with van der Waals surface area (Å²) in [5, 5.41) is 1.91. The fourth-order valence-electron chi connectivity index (χ4n) is 1.93. The number of carbonyl (C=O) groups is 2. The second kappa shape index (κ2) is 4.91. The average molecular weight is 273 g/mol. The van der Waals surface area contributed by atoms with Crippen molar-refractivity contribution in [2.75, 3.05) is 6.61 Å². The Morgan fingerprint density at radius 1 is 1.42 bits per heavy atom. The number of halogens is 3. The number of hydrogen-bond donors (Lipinski definition) is 1. The first-order valence-corrected chi connectivity index (χ1v) is 5.52. The first-order valence-electron chi connectivity index (χ1n) is 5.52. The summed E-state index contributed by atoms with van der Waals surface area (Å²) in [7, 11) is 0. The van der Waals surface area contributed by atoms with Gasteiger partial charge in [0.05, 0.1) is 18.2 Å². The second-order valence-corrected chi connectivity index (χ2v) is 4.04. The van der Waals surface area contributed by atoms with Crippen LogP contribution in [0.25, 0.3) is 0 Å². The number of aldehydes is 1. The second-order valence-electron chi connectivity index (χ2n) is 4.04. The number of fused-ring (bicyclic) bond motifs is 1. The van der Waals surface area contributed by atoms with E-state index in [1.807, 2.05) is 5.32 Å². The van der Waals surface area contributed by atoms with Gasteiger partial charge in [-0.1, -0.05) is 12.1 Å². The first kappa shape index (κ1) is 13.4. The largest absolute Gasteiger partial charge is 0.492 e. The molecule has 0 aromatic heterocycles. The zero-order chi connectivity index (χ0) is 14.0. The number of hydrogen-bond acceptors (Lipinski definition) is 3. The topological polar surface area (TPSA) is 55.4 Å². The molecule has 1 amide bonds. The van der Waals surface area contributed by atoms with Gasteiger partial charge in [0, 0.05) is 12.0 Å². The molecule has 1 N–H and O–H groups in total. The van der Waals surface area contributed by atoms with Gasteiger partial charge in [-0.05, 0) is 6.07 Å². The summed E-state index contributed by atoms with van der Waals surface area (Å²) >= 11 is 0. The lowest BCUT2D eigenvalue weighted by molar-refractivity contribution is -0.174. The maximum atomic E-state index is 12.2. The highest BCUT2D eigenvalue weighted by Gasteiger charge is 2.40. The molecule has 0 saturated heterocycles. The normalized spacial score (nSPS) is 18.2. The van der Waals surface area contributed by atoms with Gasteiger partial charge in [0.1, 0.15) is 5.75 Å². The summed E-state index contributed by atoms with van der Waals surface area (Å²) < 4.78 is 42.0. The van der Waals surface area contributed by atoms with Gasteiger partial charge in [0.2, 0.25) is 0 Å². The van der Waals surface area contributed by atoms with Crippen molar-refractivity contribution in [3.63, 3.8) is 0 Å². The molecule has 7 heteroatoms. The van der Waals surface area contributed by atoms with Crippen molar-refractivity contribution in [2.45, 2.75) is 18.6 Å². The fourth-order valence-corrected chi connectivity index (χ4v) is 1.93. The van der Waals surface area contributed by atoms with Gasteiger partial charge < -0.3 is 10.1 Å². The Kier molecular flexibility index (Phi) is 3.46. The fraction of sp³-hybridized carbons (Fsp3) is 0.333. The van der Waals surface area contributed by atoms with E-state index >= 15 is 0 Å². The van der Waals surface area contributed by atoms with Crippen LogP contribution in [0.5, 0.6) is 5.75 Å². The third kappa shape index (κ3) is 2.69. The van der Waals surface area contributed by atoms with Crippen LogP contribution in [0.15, 0.2) is 18.2 Å². The lowest BCUT2D eigenvalue weighted by Crippen LogP contribution is -2.40. The lowest BCUT2D eigenvalue weighted by Gasteiger charge is -2.27. The summed E-state index contributed by atoms with van der Waals surface area (Å²) in [5.41, 5.74) is 0.636. The standard InChI is InChI=1S/C12H10F3NO3/c13-12(14,15)11(18)16-9-4-5-19-10-7(6-17)2-1-3-8(9)10/h1-3,6,9H,4-5H2,(H,16,18). The molecule has 0 bridgehead atoms. The van der Waals surface area contributed by atoms with E-state index in [0.29, 0.717) is 11.8 Å². The average Bonchev–Trinajstić information content (AvgIpc) is 2.37. The van der Waals surface area contributed by atoms with E-state index in [2.05, 4.69) is 0 Å². The van der Waals surface area contributed by atoms with E-state index in [0.717, 1.165) is 0 Å². The molecule has 1 unspecified atom stereocenters. The van der Waals surface area contributed by atoms with Crippen LogP contribution in [-0.2, 0) is 4.79 Å². The van der Waals surface area contributed by atoms with Crippen LogP contribution in [0, 0.1) is 0 Å². The maximum Gasteiger partial charge on any atom is 0.471 e. The van der Waals surface area contributed by atoms with E-state index in [-0.39, 0.29) is 24.3 Å². The van der Waals surface area contributed by atoms with Gasteiger partial charge in [-0.3, -0.25) is 9.59 Å². The highest BCUT2D eigenvalue weighted by Crippen LogP contribution is 2.34. The third-order valence-corrected chi connectivity index (χ3v) is 2.79. The monoisotopic (exact) mass is 273 g/mol. The van der Waals surface area contributed by atoms with Crippen molar-refractivity contribution in [3.8, 4) is 5.75 Å². The minimum Gasteiger partial charge on any atom is -0.492 e. The molecule has 19 heavy (non-hydrogen) atoms. The Hall–Kier alpha value is -2.05. The Morgan fingerprint density at radius 2 is 2.16 bits per heavy atom. The molecule has 1 aromatic rings. The van der Waals surface area contributed by atoms with E-state index < -0.39 is 18.1 Å². The minimum absolute atomic E-state index is 0.140. The molecule has 1 heterocycles. The SMILES string of the molecule is O=Cc1cccc2c1OCCC2NC(=O)C(F)(F)F. The number of para-hydroxylation sites is 1. The summed E-state index contributed by atoms with van der Waals surface area (Å²) in [5.74, 6) is -1.77. The molecule has 102 valence electrons. The van der Waals surface area contributed by atoms with Crippen LogP contribution in [0.3, 0.4) is 0 Å². The van der Waals surface area contributed by atoms with Crippen molar-refractivity contribution in [3.05, 3.63) is 29.3 Å².